The molecule has 15 heavy (non-hydrogen) atoms. The zero-order chi connectivity index (χ0) is 11.3. The first-order valence-electron chi connectivity index (χ1n) is 5.61. The monoisotopic (exact) mass is 211 g/mol. The molecule has 1 fully saturated rings. The molecule has 0 saturated carbocycles. The highest BCUT2D eigenvalue weighted by Crippen LogP contribution is 2.36. The summed E-state index contributed by atoms with van der Waals surface area (Å²) < 4.78 is 5.17. The van der Waals surface area contributed by atoms with Crippen LogP contribution in [0.15, 0.2) is 12.7 Å². The number of piperidine rings is 1. The van der Waals surface area contributed by atoms with Crippen LogP contribution in [0.1, 0.15) is 26.2 Å². The molecule has 1 heterocycles. The number of likely N-dealkylation sites (tertiary alicyclic amines) is 1. The molecular weight excluding hydrogens is 190 g/mol. The van der Waals surface area contributed by atoms with E-state index in [-0.39, 0.29) is 11.4 Å². The van der Waals surface area contributed by atoms with Crippen LogP contribution in [-0.2, 0) is 9.53 Å². The summed E-state index contributed by atoms with van der Waals surface area (Å²) in [6.07, 6.45) is 4.34. The van der Waals surface area contributed by atoms with Crippen LogP contribution in [0.5, 0.6) is 0 Å². The van der Waals surface area contributed by atoms with Gasteiger partial charge in [0.25, 0.3) is 0 Å². The number of nitrogens with zero attached hydrogens (tertiary/aromatic N) is 1. The minimum Gasteiger partial charge on any atom is -0.466 e. The van der Waals surface area contributed by atoms with Crippen molar-refractivity contribution in [3.63, 3.8) is 0 Å². The summed E-state index contributed by atoms with van der Waals surface area (Å²) in [7, 11) is 2.09. The minimum absolute atomic E-state index is 0.0435. The van der Waals surface area contributed by atoms with Gasteiger partial charge in [0.1, 0.15) is 0 Å². The van der Waals surface area contributed by atoms with Crippen LogP contribution in [0.3, 0.4) is 0 Å². The highest BCUT2D eigenvalue weighted by Gasteiger charge is 2.40. The summed E-state index contributed by atoms with van der Waals surface area (Å²) in [5.41, 5.74) is -0.301. The molecule has 0 N–H and O–H groups in total. The van der Waals surface area contributed by atoms with Gasteiger partial charge in [0.05, 0.1) is 12.0 Å². The molecule has 0 amide bonds. The van der Waals surface area contributed by atoms with Gasteiger partial charge in [0.15, 0.2) is 0 Å². The fraction of sp³-hybridized carbons (Fsp3) is 0.750. The largest absolute Gasteiger partial charge is 0.466 e. The molecule has 0 radical (unpaired) electrons. The predicted molar refractivity (Wildman–Crippen MR) is 60.6 cm³/mol. The second-order valence-electron chi connectivity index (χ2n) is 4.30. The number of hydrogen-bond donors (Lipinski definition) is 0. The molecule has 0 unspecified atom stereocenters. The van der Waals surface area contributed by atoms with Gasteiger partial charge in [-0.3, -0.25) is 4.79 Å². The average molecular weight is 211 g/mol. The lowest BCUT2D eigenvalue weighted by Crippen LogP contribution is -2.43. The second kappa shape index (κ2) is 5.31. The fourth-order valence-corrected chi connectivity index (χ4v) is 2.10. The summed E-state index contributed by atoms with van der Waals surface area (Å²) in [5.74, 6) is -0.0435. The number of ether oxygens (including phenoxy) is 1. The van der Waals surface area contributed by atoms with Crippen molar-refractivity contribution in [2.24, 2.45) is 5.41 Å². The van der Waals surface area contributed by atoms with Crippen molar-refractivity contribution in [3.05, 3.63) is 12.7 Å². The molecule has 0 aromatic heterocycles. The van der Waals surface area contributed by atoms with Gasteiger partial charge in [0.2, 0.25) is 0 Å². The Morgan fingerprint density at radius 2 is 2.13 bits per heavy atom. The molecule has 0 atom stereocenters. The van der Waals surface area contributed by atoms with Crippen molar-refractivity contribution in [3.8, 4) is 0 Å². The van der Waals surface area contributed by atoms with Gasteiger partial charge in [-0.25, -0.2) is 0 Å². The second-order valence-corrected chi connectivity index (χ2v) is 4.30. The summed E-state index contributed by atoms with van der Waals surface area (Å²) >= 11 is 0. The lowest BCUT2D eigenvalue weighted by molar-refractivity contribution is -0.158. The van der Waals surface area contributed by atoms with E-state index in [0.29, 0.717) is 6.61 Å². The Bertz CT molecular complexity index is 230. The molecule has 0 aliphatic carbocycles. The molecule has 0 aromatic rings. The van der Waals surface area contributed by atoms with Gasteiger partial charge >= 0.3 is 5.97 Å². The number of carbonyl (C=O) groups excluding carboxylic acids is 1. The summed E-state index contributed by atoms with van der Waals surface area (Å²) in [4.78, 5) is 14.2. The Morgan fingerprint density at radius 3 is 2.60 bits per heavy atom. The molecule has 86 valence electrons. The average Bonchev–Trinajstić information content (AvgIpc) is 2.22. The molecule has 3 heteroatoms. The molecule has 3 nitrogen and oxygen atoms in total. The maximum Gasteiger partial charge on any atom is 0.312 e. The smallest absolute Gasteiger partial charge is 0.312 e. The van der Waals surface area contributed by atoms with E-state index < -0.39 is 0 Å². The number of allylic oxidation sites excluding steroid dienone is 1. The fourth-order valence-electron chi connectivity index (χ4n) is 2.10. The Kier molecular flexibility index (Phi) is 4.33. The van der Waals surface area contributed by atoms with Crippen LogP contribution in [0.4, 0.5) is 0 Å². The topological polar surface area (TPSA) is 29.5 Å². The summed E-state index contributed by atoms with van der Waals surface area (Å²) in [6, 6.07) is 0. The van der Waals surface area contributed by atoms with E-state index in [0.717, 1.165) is 32.4 Å². The van der Waals surface area contributed by atoms with E-state index in [1.807, 2.05) is 13.0 Å². The summed E-state index contributed by atoms with van der Waals surface area (Å²) in [6.45, 7) is 7.99. The van der Waals surface area contributed by atoms with Crippen molar-refractivity contribution in [2.75, 3.05) is 26.7 Å². The lowest BCUT2D eigenvalue weighted by Gasteiger charge is -2.37. The standard InChI is InChI=1S/C12H21NO2/c1-4-6-12(11(14)15-5-2)7-9-13(3)10-8-12/h4H,1,5-10H2,2-3H3. The Labute approximate surface area is 92.1 Å². The van der Waals surface area contributed by atoms with Gasteiger partial charge < -0.3 is 9.64 Å². The molecule has 0 spiro atoms. The predicted octanol–water partition coefficient (Wildman–Crippen LogP) is 1.84. The van der Waals surface area contributed by atoms with E-state index in [9.17, 15) is 4.79 Å². The van der Waals surface area contributed by atoms with Crippen LogP contribution < -0.4 is 0 Å². The quantitative estimate of drug-likeness (QED) is 0.525. The SMILES string of the molecule is C=CCC1(C(=O)OCC)CCN(C)CC1. The van der Waals surface area contributed by atoms with Crippen molar-refractivity contribution >= 4 is 5.97 Å². The van der Waals surface area contributed by atoms with Crippen molar-refractivity contribution in [2.45, 2.75) is 26.2 Å². The first-order chi connectivity index (χ1) is 7.14. The highest BCUT2D eigenvalue weighted by molar-refractivity contribution is 5.77. The van der Waals surface area contributed by atoms with Crippen LogP contribution >= 0.6 is 0 Å². The Balaban J connectivity index is 2.69. The third-order valence-electron chi connectivity index (χ3n) is 3.19. The zero-order valence-electron chi connectivity index (χ0n) is 9.79. The normalized spacial score (nSPS) is 20.9. The van der Waals surface area contributed by atoms with E-state index in [1.54, 1.807) is 0 Å². The van der Waals surface area contributed by atoms with Gasteiger partial charge in [-0.1, -0.05) is 6.08 Å². The van der Waals surface area contributed by atoms with E-state index in [2.05, 4.69) is 18.5 Å². The Morgan fingerprint density at radius 1 is 1.53 bits per heavy atom. The molecule has 0 bridgehead atoms. The lowest BCUT2D eigenvalue weighted by atomic mass is 9.76. The third kappa shape index (κ3) is 2.81. The highest BCUT2D eigenvalue weighted by atomic mass is 16.5. The third-order valence-corrected chi connectivity index (χ3v) is 3.19. The molecule has 1 rings (SSSR count). The Hall–Kier alpha value is -0.830. The molecule has 1 aliphatic heterocycles. The number of carbonyl (C=O) groups is 1. The van der Waals surface area contributed by atoms with Gasteiger partial charge in [-0.05, 0) is 46.3 Å². The van der Waals surface area contributed by atoms with Gasteiger partial charge in [-0.15, -0.1) is 6.58 Å². The van der Waals surface area contributed by atoms with Crippen molar-refractivity contribution in [1.82, 2.24) is 4.90 Å². The molecule has 0 aromatic carbocycles. The zero-order valence-corrected chi connectivity index (χ0v) is 9.79. The van der Waals surface area contributed by atoms with Crippen LogP contribution in [0.2, 0.25) is 0 Å². The molecule has 1 aliphatic rings. The maximum atomic E-state index is 11.9. The number of hydrogen-bond acceptors (Lipinski definition) is 3. The van der Waals surface area contributed by atoms with E-state index in [4.69, 9.17) is 4.74 Å². The van der Waals surface area contributed by atoms with Crippen molar-refractivity contribution < 1.29 is 9.53 Å². The van der Waals surface area contributed by atoms with Crippen LogP contribution in [0.25, 0.3) is 0 Å². The van der Waals surface area contributed by atoms with Gasteiger partial charge in [-0.2, -0.15) is 0 Å². The van der Waals surface area contributed by atoms with E-state index >= 15 is 0 Å². The van der Waals surface area contributed by atoms with Crippen LogP contribution in [0, 0.1) is 5.41 Å². The maximum absolute atomic E-state index is 11.9. The van der Waals surface area contributed by atoms with E-state index in [1.165, 1.54) is 0 Å². The summed E-state index contributed by atoms with van der Waals surface area (Å²) in [5, 5.41) is 0. The number of esters is 1. The van der Waals surface area contributed by atoms with Crippen molar-refractivity contribution in [1.29, 1.82) is 0 Å². The first kappa shape index (κ1) is 12.2. The molecular formula is C12H21NO2. The minimum atomic E-state index is -0.301. The number of rotatable bonds is 4. The van der Waals surface area contributed by atoms with Crippen LogP contribution in [-0.4, -0.2) is 37.6 Å². The van der Waals surface area contributed by atoms with Gasteiger partial charge in [0, 0.05) is 0 Å². The molecule has 1 saturated heterocycles. The first-order valence-corrected chi connectivity index (χ1v) is 5.61.